The summed E-state index contributed by atoms with van der Waals surface area (Å²) in [4.78, 5) is 4.03. The Kier molecular flexibility index (Phi) is 3.08. The predicted octanol–water partition coefficient (Wildman–Crippen LogP) is 3.81. The molecule has 2 aromatic rings. The van der Waals surface area contributed by atoms with Gasteiger partial charge in [0.1, 0.15) is 16.5 Å². The maximum Gasteiger partial charge on any atom is 0.149 e. The third kappa shape index (κ3) is 2.06. The largest absolute Gasteiger partial charge is 0.233 e. The lowest BCUT2D eigenvalue weighted by Gasteiger charge is -2.04. The number of aromatic nitrogens is 1. The van der Waals surface area contributed by atoms with E-state index >= 15 is 0 Å². The van der Waals surface area contributed by atoms with Crippen molar-refractivity contribution in [2.75, 3.05) is 5.88 Å². The second-order valence-electron chi connectivity index (χ2n) is 3.19. The van der Waals surface area contributed by atoms with Gasteiger partial charge in [-0.2, -0.15) is 0 Å². The molecule has 0 radical (unpaired) electrons. The number of para-hydroxylation sites is 1. The molecule has 1 nitrogen and oxygen atoms in total. The van der Waals surface area contributed by atoms with Crippen LogP contribution in [0.3, 0.4) is 0 Å². The number of rotatable bonds is 2. The quantitative estimate of drug-likeness (QED) is 0.578. The van der Waals surface area contributed by atoms with Gasteiger partial charge in [0.25, 0.3) is 0 Å². The molecule has 15 heavy (non-hydrogen) atoms. The average molecular weight is 244 g/mol. The number of halogens is 3. The van der Waals surface area contributed by atoms with Crippen molar-refractivity contribution >= 4 is 34.1 Å². The lowest BCUT2D eigenvalue weighted by molar-refractivity contribution is 0.637. The molecule has 0 spiro atoms. The van der Waals surface area contributed by atoms with Crippen molar-refractivity contribution < 1.29 is 4.39 Å². The number of hydrogen-bond acceptors (Lipinski definition) is 1. The van der Waals surface area contributed by atoms with Crippen molar-refractivity contribution in [1.82, 2.24) is 4.98 Å². The fraction of sp³-hybridized carbons (Fsp3) is 0.182. The molecule has 0 aliphatic carbocycles. The lowest BCUT2D eigenvalue weighted by Crippen LogP contribution is -1.93. The average Bonchev–Trinajstić information content (AvgIpc) is 2.21. The van der Waals surface area contributed by atoms with E-state index in [2.05, 4.69) is 4.98 Å². The van der Waals surface area contributed by atoms with Crippen LogP contribution < -0.4 is 0 Å². The molecule has 1 heterocycles. The molecule has 2 rings (SSSR count). The van der Waals surface area contributed by atoms with Gasteiger partial charge in [0, 0.05) is 11.3 Å². The van der Waals surface area contributed by atoms with Crippen LogP contribution in [0.5, 0.6) is 0 Å². The first kappa shape index (κ1) is 10.7. The number of fused-ring (bicyclic) bond motifs is 1. The number of alkyl halides is 1. The highest BCUT2D eigenvalue weighted by Crippen LogP contribution is 2.22. The minimum Gasteiger partial charge on any atom is -0.233 e. The van der Waals surface area contributed by atoms with E-state index in [0.717, 1.165) is 10.9 Å². The molecule has 0 fully saturated rings. The number of nitrogens with zero attached hydrogens (tertiary/aromatic N) is 1. The van der Waals surface area contributed by atoms with Crippen LogP contribution in [0.1, 0.15) is 5.56 Å². The van der Waals surface area contributed by atoms with E-state index in [-0.39, 0.29) is 5.82 Å². The van der Waals surface area contributed by atoms with Crippen LogP contribution in [0.4, 0.5) is 4.39 Å². The van der Waals surface area contributed by atoms with Crippen LogP contribution in [0, 0.1) is 5.82 Å². The summed E-state index contributed by atoms with van der Waals surface area (Å²) in [6.07, 6.45) is 0.639. The maximum atomic E-state index is 13.3. The highest BCUT2D eigenvalue weighted by atomic mass is 35.5. The van der Waals surface area contributed by atoms with Crippen molar-refractivity contribution in [3.8, 4) is 0 Å². The first-order valence-electron chi connectivity index (χ1n) is 4.52. The summed E-state index contributed by atoms with van der Waals surface area (Å²) in [6, 6.07) is 6.65. The Morgan fingerprint density at radius 1 is 1.33 bits per heavy atom. The first-order chi connectivity index (χ1) is 7.22. The molecule has 78 valence electrons. The molecule has 0 aliphatic rings. The van der Waals surface area contributed by atoms with E-state index in [1.54, 1.807) is 12.1 Å². The van der Waals surface area contributed by atoms with E-state index in [1.165, 1.54) is 6.07 Å². The topological polar surface area (TPSA) is 12.9 Å². The van der Waals surface area contributed by atoms with Crippen molar-refractivity contribution in [1.29, 1.82) is 0 Å². The monoisotopic (exact) mass is 243 g/mol. The molecule has 1 aromatic heterocycles. The van der Waals surface area contributed by atoms with Gasteiger partial charge in [0.2, 0.25) is 0 Å². The van der Waals surface area contributed by atoms with Gasteiger partial charge in [0.05, 0.1) is 0 Å². The molecule has 0 saturated carbocycles. The Bertz CT molecular complexity index is 499. The zero-order chi connectivity index (χ0) is 10.8. The van der Waals surface area contributed by atoms with E-state index < -0.39 is 0 Å². The molecule has 1 aromatic carbocycles. The molecule has 4 heteroatoms. The highest BCUT2D eigenvalue weighted by Gasteiger charge is 2.07. The number of pyridine rings is 1. The zero-order valence-electron chi connectivity index (χ0n) is 7.80. The molecular formula is C11H8Cl2FN. The Hall–Kier alpha value is -0.860. The maximum absolute atomic E-state index is 13.3. The van der Waals surface area contributed by atoms with Crippen molar-refractivity contribution in [2.45, 2.75) is 6.42 Å². The van der Waals surface area contributed by atoms with E-state index in [1.807, 2.05) is 6.07 Å². The minimum atomic E-state index is -0.355. The standard InChI is InChI=1S/C11H8Cl2FN/c12-5-4-8-6-7-2-1-3-9(14)10(7)15-11(8)13/h1-3,6H,4-5H2. The SMILES string of the molecule is Fc1cccc2cc(CCCl)c(Cl)nc12. The molecular weight excluding hydrogens is 236 g/mol. The zero-order valence-corrected chi connectivity index (χ0v) is 9.32. The highest BCUT2D eigenvalue weighted by molar-refractivity contribution is 6.30. The first-order valence-corrected chi connectivity index (χ1v) is 5.43. The van der Waals surface area contributed by atoms with E-state index in [9.17, 15) is 4.39 Å². The van der Waals surface area contributed by atoms with Crippen LogP contribution in [-0.4, -0.2) is 10.9 Å². The summed E-state index contributed by atoms with van der Waals surface area (Å²) in [6.45, 7) is 0. The minimum absolute atomic E-state index is 0.306. The summed E-state index contributed by atoms with van der Waals surface area (Å²) < 4.78 is 13.3. The second-order valence-corrected chi connectivity index (χ2v) is 3.92. The van der Waals surface area contributed by atoms with Gasteiger partial charge in [-0.05, 0) is 24.1 Å². The van der Waals surface area contributed by atoms with Crippen molar-refractivity contribution in [3.05, 3.63) is 40.8 Å². The third-order valence-corrected chi connectivity index (χ3v) is 2.70. The Balaban J connectivity index is 2.65. The molecule has 0 saturated heterocycles. The summed E-state index contributed by atoms with van der Waals surface area (Å²) in [7, 11) is 0. The molecule has 0 amide bonds. The second kappa shape index (κ2) is 4.33. The van der Waals surface area contributed by atoms with Gasteiger partial charge >= 0.3 is 0 Å². The van der Waals surface area contributed by atoms with Crippen LogP contribution in [0.15, 0.2) is 24.3 Å². The normalized spacial score (nSPS) is 10.9. The van der Waals surface area contributed by atoms with Gasteiger partial charge in [0.15, 0.2) is 0 Å². The Morgan fingerprint density at radius 2 is 2.13 bits per heavy atom. The van der Waals surface area contributed by atoms with Crippen LogP contribution >= 0.6 is 23.2 Å². The summed E-state index contributed by atoms with van der Waals surface area (Å²) in [5, 5.41) is 1.08. The van der Waals surface area contributed by atoms with Crippen LogP contribution in [-0.2, 0) is 6.42 Å². The number of benzene rings is 1. The molecule has 0 bridgehead atoms. The number of hydrogen-bond donors (Lipinski definition) is 0. The fourth-order valence-electron chi connectivity index (χ4n) is 1.46. The van der Waals surface area contributed by atoms with E-state index in [4.69, 9.17) is 23.2 Å². The molecule has 0 atom stereocenters. The summed E-state index contributed by atoms with van der Waals surface area (Å²) in [5.41, 5.74) is 1.16. The summed E-state index contributed by atoms with van der Waals surface area (Å²) >= 11 is 11.5. The smallest absolute Gasteiger partial charge is 0.149 e. The van der Waals surface area contributed by atoms with Crippen LogP contribution in [0.25, 0.3) is 10.9 Å². The van der Waals surface area contributed by atoms with Gasteiger partial charge in [-0.25, -0.2) is 9.37 Å². The molecule has 0 unspecified atom stereocenters. The van der Waals surface area contributed by atoms with Gasteiger partial charge in [-0.1, -0.05) is 23.7 Å². The van der Waals surface area contributed by atoms with Crippen molar-refractivity contribution in [3.63, 3.8) is 0 Å². The number of aryl methyl sites for hydroxylation is 1. The Labute approximate surface area is 96.8 Å². The lowest BCUT2D eigenvalue weighted by atomic mass is 10.1. The Morgan fingerprint density at radius 3 is 2.87 bits per heavy atom. The van der Waals surface area contributed by atoms with E-state index in [0.29, 0.717) is 23.0 Å². The van der Waals surface area contributed by atoms with Crippen molar-refractivity contribution in [2.24, 2.45) is 0 Å². The van der Waals surface area contributed by atoms with Gasteiger partial charge in [-0.3, -0.25) is 0 Å². The predicted molar refractivity (Wildman–Crippen MR) is 61.1 cm³/mol. The van der Waals surface area contributed by atoms with Crippen LogP contribution in [0.2, 0.25) is 5.15 Å². The van der Waals surface area contributed by atoms with Gasteiger partial charge in [-0.15, -0.1) is 11.6 Å². The third-order valence-electron chi connectivity index (χ3n) is 2.19. The molecule has 0 N–H and O–H groups in total. The van der Waals surface area contributed by atoms with Gasteiger partial charge < -0.3 is 0 Å². The fourth-order valence-corrected chi connectivity index (χ4v) is 1.90. The summed E-state index contributed by atoms with van der Waals surface area (Å²) in [5.74, 6) is 0.120. The molecule has 0 aliphatic heterocycles.